The second kappa shape index (κ2) is 8.18. The summed E-state index contributed by atoms with van der Waals surface area (Å²) in [5, 5.41) is 0. The maximum absolute atomic E-state index is 13.2. The highest BCUT2D eigenvalue weighted by atomic mass is 79.9. The first kappa shape index (κ1) is 22.3. The molecule has 0 fully saturated rings. The zero-order valence-electron chi connectivity index (χ0n) is 16.6. The minimum atomic E-state index is -3.86. The second-order valence-electron chi connectivity index (χ2n) is 6.50. The van der Waals surface area contributed by atoms with Gasteiger partial charge in [0.2, 0.25) is 10.0 Å². The number of esters is 1. The van der Waals surface area contributed by atoms with Gasteiger partial charge in [0.25, 0.3) is 0 Å². The summed E-state index contributed by atoms with van der Waals surface area (Å²) in [6.07, 6.45) is 0. The Morgan fingerprint density at radius 2 is 1.71 bits per heavy atom. The second-order valence-corrected chi connectivity index (χ2v) is 9.41. The van der Waals surface area contributed by atoms with Crippen LogP contribution in [-0.4, -0.2) is 49.2 Å². The van der Waals surface area contributed by atoms with Crippen molar-refractivity contribution in [2.24, 2.45) is 7.05 Å². The topological polar surface area (TPSA) is 85.7 Å². The lowest BCUT2D eigenvalue weighted by Gasteiger charge is -2.23. The number of rotatable bonds is 6. The number of ketones is 1. The molecular formula is C19H23BrN2O5S. The summed E-state index contributed by atoms with van der Waals surface area (Å²) in [4.78, 5) is 25.3. The molecule has 28 heavy (non-hydrogen) atoms. The number of ether oxygens (including phenoxy) is 1. The molecule has 0 aliphatic rings. The lowest BCUT2D eigenvalue weighted by atomic mass is 10.0. The molecule has 0 N–H and O–H groups in total. The van der Waals surface area contributed by atoms with E-state index in [2.05, 4.69) is 15.9 Å². The van der Waals surface area contributed by atoms with Crippen LogP contribution >= 0.6 is 15.9 Å². The molecule has 1 unspecified atom stereocenters. The van der Waals surface area contributed by atoms with Crippen molar-refractivity contribution >= 4 is 37.7 Å². The average Bonchev–Trinajstić information content (AvgIpc) is 2.88. The van der Waals surface area contributed by atoms with Gasteiger partial charge >= 0.3 is 5.97 Å². The summed E-state index contributed by atoms with van der Waals surface area (Å²) in [7, 11) is 0.441. The van der Waals surface area contributed by atoms with Crippen molar-refractivity contribution in [3.8, 4) is 0 Å². The minimum Gasteiger partial charge on any atom is -0.464 e. The fourth-order valence-electron chi connectivity index (χ4n) is 3.08. The third-order valence-corrected chi connectivity index (χ3v) is 7.44. The fourth-order valence-corrected chi connectivity index (χ4v) is 4.67. The number of halogens is 1. The van der Waals surface area contributed by atoms with Crippen LogP contribution in [-0.2, 0) is 21.8 Å². The molecule has 9 heteroatoms. The molecule has 152 valence electrons. The Morgan fingerprint density at radius 3 is 2.21 bits per heavy atom. The van der Waals surface area contributed by atoms with E-state index in [-0.39, 0.29) is 16.4 Å². The number of sulfonamides is 1. The van der Waals surface area contributed by atoms with Gasteiger partial charge in [-0.1, -0.05) is 15.9 Å². The van der Waals surface area contributed by atoms with Crippen molar-refractivity contribution in [3.05, 3.63) is 51.3 Å². The van der Waals surface area contributed by atoms with Gasteiger partial charge in [-0.15, -0.1) is 0 Å². The summed E-state index contributed by atoms with van der Waals surface area (Å²) < 4.78 is 34.0. The Kier molecular flexibility index (Phi) is 6.52. The molecule has 7 nitrogen and oxygen atoms in total. The van der Waals surface area contributed by atoms with Crippen LogP contribution in [0.5, 0.6) is 0 Å². The van der Waals surface area contributed by atoms with E-state index in [1.165, 1.54) is 33.2 Å². The van der Waals surface area contributed by atoms with Crippen molar-refractivity contribution < 1.29 is 22.7 Å². The van der Waals surface area contributed by atoms with E-state index < -0.39 is 22.0 Å². The highest BCUT2D eigenvalue weighted by molar-refractivity contribution is 9.10. The number of hydrogen-bond donors (Lipinski definition) is 0. The van der Waals surface area contributed by atoms with Crippen LogP contribution in [0.1, 0.15) is 39.0 Å². The molecule has 2 aromatic rings. The van der Waals surface area contributed by atoms with E-state index in [1.54, 1.807) is 37.6 Å². The van der Waals surface area contributed by atoms with Crippen molar-refractivity contribution in [1.82, 2.24) is 8.87 Å². The zero-order chi connectivity index (χ0) is 21.4. The van der Waals surface area contributed by atoms with Gasteiger partial charge < -0.3 is 9.30 Å². The van der Waals surface area contributed by atoms with E-state index in [1.807, 2.05) is 0 Å². The number of aromatic nitrogens is 1. The Balaban J connectivity index is 2.44. The monoisotopic (exact) mass is 470 g/mol. The number of Topliss-reactive ketones (excluding diaryl/α,β-unsaturated/α-hetero) is 1. The summed E-state index contributed by atoms with van der Waals surface area (Å²) in [6, 6.07) is 5.24. The lowest BCUT2D eigenvalue weighted by molar-refractivity contribution is 0.0588. The molecular weight excluding hydrogens is 448 g/mol. The van der Waals surface area contributed by atoms with Gasteiger partial charge in [0, 0.05) is 29.8 Å². The third-order valence-electron chi connectivity index (χ3n) is 4.97. The first-order valence-electron chi connectivity index (χ1n) is 8.47. The first-order chi connectivity index (χ1) is 12.9. The van der Waals surface area contributed by atoms with Crippen LogP contribution in [0.2, 0.25) is 0 Å². The first-order valence-corrected chi connectivity index (χ1v) is 10.7. The van der Waals surface area contributed by atoms with E-state index in [9.17, 15) is 18.0 Å². The third kappa shape index (κ3) is 3.78. The normalized spacial score (nSPS) is 12.9. The molecule has 0 amide bonds. The number of carbonyl (C=O) groups excluding carboxylic acids is 2. The highest BCUT2D eigenvalue weighted by Crippen LogP contribution is 2.26. The summed E-state index contributed by atoms with van der Waals surface area (Å²) in [5.74, 6) is -0.936. The number of hydrogen-bond acceptors (Lipinski definition) is 5. The fraction of sp³-hybridized carbons (Fsp3) is 0.368. The van der Waals surface area contributed by atoms with Gasteiger partial charge in [0.15, 0.2) is 5.78 Å². The van der Waals surface area contributed by atoms with Crippen LogP contribution in [0, 0.1) is 13.8 Å². The van der Waals surface area contributed by atoms with Gasteiger partial charge in [-0.2, -0.15) is 4.31 Å². The number of nitrogens with zero attached hydrogens (tertiary/aromatic N) is 2. The van der Waals surface area contributed by atoms with Crippen molar-refractivity contribution in [2.75, 3.05) is 14.2 Å². The van der Waals surface area contributed by atoms with Crippen LogP contribution in [0.15, 0.2) is 33.6 Å². The van der Waals surface area contributed by atoms with Crippen LogP contribution in [0.3, 0.4) is 0 Å². The van der Waals surface area contributed by atoms with E-state index in [0.29, 0.717) is 16.8 Å². The van der Waals surface area contributed by atoms with Crippen LogP contribution in [0.4, 0.5) is 0 Å². The quantitative estimate of drug-likeness (QED) is 0.478. The molecule has 0 bridgehead atoms. The van der Waals surface area contributed by atoms with Crippen molar-refractivity contribution in [1.29, 1.82) is 0 Å². The molecule has 0 spiro atoms. The van der Waals surface area contributed by atoms with Gasteiger partial charge in [0.05, 0.1) is 18.0 Å². The van der Waals surface area contributed by atoms with Gasteiger partial charge in [-0.05, 0) is 50.6 Å². The van der Waals surface area contributed by atoms with Crippen LogP contribution in [0.25, 0.3) is 0 Å². The maximum Gasteiger partial charge on any atom is 0.354 e. The van der Waals surface area contributed by atoms with Crippen molar-refractivity contribution in [3.63, 3.8) is 0 Å². The zero-order valence-corrected chi connectivity index (χ0v) is 19.0. The molecule has 0 aliphatic carbocycles. The summed E-state index contributed by atoms with van der Waals surface area (Å²) in [5.41, 5.74) is 1.64. The predicted octanol–water partition coefficient (Wildman–Crippen LogP) is 3.08. The Labute approximate surface area is 173 Å². The maximum atomic E-state index is 13.2. The van der Waals surface area contributed by atoms with E-state index in [0.717, 1.165) is 8.78 Å². The molecule has 0 saturated heterocycles. The smallest absolute Gasteiger partial charge is 0.354 e. The van der Waals surface area contributed by atoms with E-state index >= 15 is 0 Å². The number of carbonyl (C=O) groups is 2. The van der Waals surface area contributed by atoms with Gasteiger partial charge in [-0.3, -0.25) is 4.79 Å². The molecule has 0 aliphatic heterocycles. The molecule has 0 radical (unpaired) electrons. The lowest BCUT2D eigenvalue weighted by Crippen LogP contribution is -2.40. The standard InChI is InChI=1S/C19H23BrN2O5S/c1-11-16(12(2)21(4)17(11)19(24)27-6)18(23)13(3)22(5)28(25,26)15-9-7-14(20)8-10-15/h7-10,13H,1-6H3. The summed E-state index contributed by atoms with van der Waals surface area (Å²) >= 11 is 3.27. The molecule has 0 saturated carbocycles. The van der Waals surface area contributed by atoms with Gasteiger partial charge in [-0.25, -0.2) is 13.2 Å². The molecule has 1 aromatic carbocycles. The Hall–Kier alpha value is -1.97. The number of likely N-dealkylation sites (N-methyl/N-ethyl adjacent to an activating group) is 1. The SMILES string of the molecule is COC(=O)c1c(C)c(C(=O)C(C)N(C)S(=O)(=O)c2ccc(Br)cc2)c(C)n1C. The Bertz CT molecular complexity index is 1030. The van der Waals surface area contributed by atoms with Crippen LogP contribution < -0.4 is 0 Å². The Morgan fingerprint density at radius 1 is 1.18 bits per heavy atom. The molecule has 1 aromatic heterocycles. The van der Waals surface area contributed by atoms with Crippen molar-refractivity contribution in [2.45, 2.75) is 31.7 Å². The summed E-state index contributed by atoms with van der Waals surface area (Å²) in [6.45, 7) is 4.90. The average molecular weight is 471 g/mol. The highest BCUT2D eigenvalue weighted by Gasteiger charge is 2.34. The van der Waals surface area contributed by atoms with E-state index in [4.69, 9.17) is 4.74 Å². The van der Waals surface area contributed by atoms with Gasteiger partial charge in [0.1, 0.15) is 5.69 Å². The number of methoxy groups -OCH3 is 1. The largest absolute Gasteiger partial charge is 0.464 e. The predicted molar refractivity (Wildman–Crippen MR) is 109 cm³/mol. The number of benzene rings is 1. The molecule has 2 rings (SSSR count). The molecule has 1 atom stereocenters. The minimum absolute atomic E-state index is 0.0922. The molecule has 1 heterocycles.